The number of allylic oxidation sites excluding steroid dienone is 1. The Bertz CT molecular complexity index is 1030. The van der Waals surface area contributed by atoms with Gasteiger partial charge >= 0.3 is 0 Å². The normalized spacial score (nSPS) is 10.9. The van der Waals surface area contributed by atoms with Crippen LogP contribution in [0.1, 0.15) is 35.1 Å². The van der Waals surface area contributed by atoms with E-state index in [-0.39, 0.29) is 5.78 Å². The number of hydrogen-bond donors (Lipinski definition) is 0. The number of ether oxygens (including phenoxy) is 1. The van der Waals surface area contributed by atoms with Gasteiger partial charge in [0.1, 0.15) is 5.75 Å². The molecule has 2 heterocycles. The number of hydrogen-bond acceptors (Lipinski definition) is 5. The molecule has 0 aliphatic rings. The predicted octanol–water partition coefficient (Wildman–Crippen LogP) is 4.94. The van der Waals surface area contributed by atoms with E-state index in [0.717, 1.165) is 47.1 Å². The van der Waals surface area contributed by atoms with Crippen LogP contribution in [0.4, 0.5) is 0 Å². The first-order valence-electron chi connectivity index (χ1n) is 10.0. The van der Waals surface area contributed by atoms with Crippen molar-refractivity contribution in [2.24, 2.45) is 0 Å². The van der Waals surface area contributed by atoms with Crippen LogP contribution in [0.5, 0.6) is 5.75 Å². The maximum Gasteiger partial charge on any atom is 0.192 e. The Kier molecular flexibility index (Phi) is 7.15. The van der Waals surface area contributed by atoms with Gasteiger partial charge in [-0.25, -0.2) is 0 Å². The third-order valence-electron chi connectivity index (χ3n) is 5.03. The number of Topliss-reactive ketones (excluding diaryl/α,β-unsaturated/α-hetero) is 1. The molecule has 3 aromatic rings. The summed E-state index contributed by atoms with van der Waals surface area (Å²) in [6.45, 7) is 11.5. The average molecular weight is 425 g/mol. The van der Waals surface area contributed by atoms with E-state index in [1.54, 1.807) is 13.2 Å². The molecule has 0 atom stereocenters. The number of nitrogens with zero attached hydrogens (tertiary/aromatic N) is 4. The zero-order valence-electron chi connectivity index (χ0n) is 18.0. The summed E-state index contributed by atoms with van der Waals surface area (Å²) in [4.78, 5) is 12.9. The molecule has 3 rings (SSSR count). The van der Waals surface area contributed by atoms with Crippen LogP contribution < -0.4 is 4.74 Å². The van der Waals surface area contributed by atoms with Crippen LogP contribution in [0.3, 0.4) is 0 Å². The van der Waals surface area contributed by atoms with Gasteiger partial charge in [0, 0.05) is 35.6 Å². The first-order chi connectivity index (χ1) is 14.5. The number of methoxy groups -OCH3 is 1. The van der Waals surface area contributed by atoms with Crippen molar-refractivity contribution in [2.45, 2.75) is 45.4 Å². The highest BCUT2D eigenvalue weighted by molar-refractivity contribution is 7.99. The van der Waals surface area contributed by atoms with Gasteiger partial charge < -0.3 is 9.30 Å². The van der Waals surface area contributed by atoms with Crippen LogP contribution in [0.15, 0.2) is 48.1 Å². The van der Waals surface area contributed by atoms with Gasteiger partial charge in [-0.3, -0.25) is 9.36 Å². The highest BCUT2D eigenvalue weighted by Crippen LogP contribution is 2.27. The maximum atomic E-state index is 12.9. The van der Waals surface area contributed by atoms with Gasteiger partial charge in [0.25, 0.3) is 0 Å². The monoisotopic (exact) mass is 424 g/mol. The van der Waals surface area contributed by atoms with Crippen molar-refractivity contribution < 1.29 is 9.53 Å². The van der Waals surface area contributed by atoms with Crippen LogP contribution in [0, 0.1) is 13.8 Å². The van der Waals surface area contributed by atoms with Crippen LogP contribution in [-0.4, -0.2) is 38.0 Å². The van der Waals surface area contributed by atoms with Gasteiger partial charge in [-0.15, -0.1) is 16.8 Å². The largest absolute Gasteiger partial charge is 0.497 e. The number of aryl methyl sites for hydroxylation is 1. The van der Waals surface area contributed by atoms with Gasteiger partial charge in [0.2, 0.25) is 0 Å². The second-order valence-corrected chi connectivity index (χ2v) is 8.02. The van der Waals surface area contributed by atoms with E-state index in [0.29, 0.717) is 17.5 Å². The Morgan fingerprint density at radius 1 is 1.20 bits per heavy atom. The number of carbonyl (C=O) groups excluding carboxylic acids is 1. The fourth-order valence-corrected chi connectivity index (χ4v) is 4.33. The van der Waals surface area contributed by atoms with Gasteiger partial charge in [-0.1, -0.05) is 24.8 Å². The number of carbonyl (C=O) groups is 1. The highest BCUT2D eigenvalue weighted by atomic mass is 32.2. The molecule has 0 saturated carbocycles. The van der Waals surface area contributed by atoms with Crippen molar-refractivity contribution in [3.63, 3.8) is 0 Å². The third kappa shape index (κ3) is 4.51. The Hall–Kier alpha value is -2.80. The number of rotatable bonds is 10. The summed E-state index contributed by atoms with van der Waals surface area (Å²) in [6, 6.07) is 9.68. The Morgan fingerprint density at radius 2 is 1.93 bits per heavy atom. The zero-order chi connectivity index (χ0) is 21.7. The molecule has 158 valence electrons. The summed E-state index contributed by atoms with van der Waals surface area (Å²) in [7, 11) is 1.64. The first kappa shape index (κ1) is 21.9. The smallest absolute Gasteiger partial charge is 0.192 e. The van der Waals surface area contributed by atoms with Crippen molar-refractivity contribution in [1.29, 1.82) is 0 Å². The fourth-order valence-electron chi connectivity index (χ4n) is 3.50. The molecule has 2 aromatic heterocycles. The molecule has 0 radical (unpaired) electrons. The van der Waals surface area contributed by atoms with Crippen molar-refractivity contribution in [3.05, 3.63) is 59.9 Å². The lowest BCUT2D eigenvalue weighted by molar-refractivity contribution is 0.102. The Balaban J connectivity index is 1.80. The summed E-state index contributed by atoms with van der Waals surface area (Å²) < 4.78 is 9.42. The molecule has 0 aliphatic heterocycles. The highest BCUT2D eigenvalue weighted by Gasteiger charge is 2.19. The molecule has 0 unspecified atom stereocenters. The van der Waals surface area contributed by atoms with Gasteiger partial charge in [-0.2, -0.15) is 0 Å². The average Bonchev–Trinajstić information content (AvgIpc) is 3.28. The van der Waals surface area contributed by atoms with Gasteiger partial charge in [0.05, 0.1) is 12.9 Å². The molecular formula is C23H28N4O2S. The molecule has 0 aliphatic carbocycles. The van der Waals surface area contributed by atoms with Crippen LogP contribution in [0.25, 0.3) is 11.4 Å². The topological polar surface area (TPSA) is 61.9 Å². The second-order valence-electron chi connectivity index (χ2n) is 7.08. The zero-order valence-corrected chi connectivity index (χ0v) is 18.8. The van der Waals surface area contributed by atoms with E-state index in [1.807, 2.05) is 41.8 Å². The lowest BCUT2D eigenvalue weighted by Gasteiger charge is -2.09. The lowest BCUT2D eigenvalue weighted by Crippen LogP contribution is -2.08. The first-order valence-corrected chi connectivity index (χ1v) is 11.0. The molecule has 1 aromatic carbocycles. The number of aromatic nitrogens is 4. The predicted molar refractivity (Wildman–Crippen MR) is 121 cm³/mol. The van der Waals surface area contributed by atoms with E-state index in [4.69, 9.17) is 4.74 Å². The second kappa shape index (κ2) is 9.80. The van der Waals surface area contributed by atoms with E-state index >= 15 is 0 Å². The molecule has 0 saturated heterocycles. The SMILES string of the molecule is C=CCn1c(SCC(=O)c2cc(C)n(CCC)c2C)nnc1-c1ccc(OC)cc1. The van der Waals surface area contributed by atoms with E-state index < -0.39 is 0 Å². The van der Waals surface area contributed by atoms with E-state index in [2.05, 4.69) is 35.2 Å². The molecule has 6 nitrogen and oxygen atoms in total. The summed E-state index contributed by atoms with van der Waals surface area (Å²) >= 11 is 1.41. The fraction of sp³-hybridized carbons (Fsp3) is 0.348. The molecule has 0 amide bonds. The molecule has 0 spiro atoms. The van der Waals surface area contributed by atoms with Crippen LogP contribution in [0.2, 0.25) is 0 Å². The minimum atomic E-state index is 0.106. The molecule has 0 fully saturated rings. The van der Waals surface area contributed by atoms with Crippen LogP contribution in [-0.2, 0) is 13.1 Å². The number of thioether (sulfide) groups is 1. The minimum Gasteiger partial charge on any atom is -0.497 e. The Morgan fingerprint density at radius 3 is 2.57 bits per heavy atom. The summed E-state index contributed by atoms with van der Waals surface area (Å²) in [5.41, 5.74) is 3.88. The quantitative estimate of drug-likeness (QED) is 0.262. The summed E-state index contributed by atoms with van der Waals surface area (Å²) in [5, 5.41) is 9.40. The Labute approximate surface area is 182 Å². The number of ketones is 1. The molecule has 0 bridgehead atoms. The minimum absolute atomic E-state index is 0.106. The van der Waals surface area contributed by atoms with Crippen molar-refractivity contribution in [2.75, 3.05) is 12.9 Å². The third-order valence-corrected chi connectivity index (χ3v) is 6.00. The maximum absolute atomic E-state index is 12.9. The van der Waals surface area contributed by atoms with Gasteiger partial charge in [0.15, 0.2) is 16.8 Å². The van der Waals surface area contributed by atoms with Crippen molar-refractivity contribution in [3.8, 4) is 17.1 Å². The van der Waals surface area contributed by atoms with Crippen molar-refractivity contribution in [1.82, 2.24) is 19.3 Å². The molecule has 30 heavy (non-hydrogen) atoms. The summed E-state index contributed by atoms with van der Waals surface area (Å²) in [5.74, 6) is 1.95. The molecule has 7 heteroatoms. The van der Waals surface area contributed by atoms with Crippen molar-refractivity contribution >= 4 is 17.5 Å². The summed E-state index contributed by atoms with van der Waals surface area (Å²) in [6.07, 6.45) is 2.85. The number of benzene rings is 1. The van der Waals surface area contributed by atoms with E-state index in [1.165, 1.54) is 11.8 Å². The van der Waals surface area contributed by atoms with Gasteiger partial charge in [-0.05, 0) is 50.6 Å². The molecule has 0 N–H and O–H groups in total. The lowest BCUT2D eigenvalue weighted by atomic mass is 10.2. The van der Waals surface area contributed by atoms with Crippen LogP contribution >= 0.6 is 11.8 Å². The molecular weight excluding hydrogens is 396 g/mol. The van der Waals surface area contributed by atoms with E-state index in [9.17, 15) is 4.79 Å². The standard InChI is InChI=1S/C23H28N4O2S/c1-6-12-26-16(3)14-20(17(26)4)21(28)15-30-23-25-24-22(27(23)13-7-2)18-8-10-19(29-5)11-9-18/h7-11,14H,2,6,12-13,15H2,1,3-5H3.